The molecule has 0 spiro atoms. The molecule has 3 aliphatic rings. The number of fused-ring (bicyclic) bond motifs is 5. The zero-order valence-corrected chi connectivity index (χ0v) is 20.7. The number of nitriles is 1. The Morgan fingerprint density at radius 1 is 1.22 bits per heavy atom. The van der Waals surface area contributed by atoms with Gasteiger partial charge in [-0.2, -0.15) is 5.26 Å². The molecule has 188 valence electrons. The van der Waals surface area contributed by atoms with Crippen molar-refractivity contribution in [1.82, 2.24) is 14.9 Å². The zero-order valence-electron chi connectivity index (χ0n) is 19.9. The summed E-state index contributed by atoms with van der Waals surface area (Å²) in [4.78, 5) is 13.6. The highest BCUT2D eigenvalue weighted by Gasteiger charge is 2.40. The molecule has 2 fully saturated rings. The molecule has 2 N–H and O–H groups in total. The molecule has 2 atom stereocenters. The molecule has 0 bridgehead atoms. The summed E-state index contributed by atoms with van der Waals surface area (Å²) in [6, 6.07) is 5.09. The van der Waals surface area contributed by atoms with Crippen molar-refractivity contribution in [1.29, 1.82) is 5.26 Å². The Morgan fingerprint density at radius 3 is 2.86 bits per heavy atom. The maximum absolute atomic E-state index is 16.5. The van der Waals surface area contributed by atoms with Gasteiger partial charge in [-0.15, -0.1) is 11.3 Å². The van der Waals surface area contributed by atoms with Crippen LogP contribution in [0.4, 0.5) is 19.7 Å². The molecule has 2 saturated heterocycles. The van der Waals surface area contributed by atoms with Gasteiger partial charge in [-0.05, 0) is 29.8 Å². The number of hydrogen-bond donors (Lipinski definition) is 1. The molecule has 11 heteroatoms. The fourth-order valence-electron chi connectivity index (χ4n) is 5.87. The van der Waals surface area contributed by atoms with Gasteiger partial charge in [0.2, 0.25) is 5.95 Å². The minimum atomic E-state index is -0.547. The van der Waals surface area contributed by atoms with Crippen molar-refractivity contribution < 1.29 is 18.3 Å². The molecular weight excluding hydrogens is 498 g/mol. The molecule has 2 aromatic carbocycles. The predicted molar refractivity (Wildman–Crippen MR) is 136 cm³/mol. The summed E-state index contributed by atoms with van der Waals surface area (Å²) in [5, 5.41) is 10.9. The van der Waals surface area contributed by atoms with Crippen LogP contribution in [0.15, 0.2) is 18.3 Å². The van der Waals surface area contributed by atoms with E-state index in [1.54, 1.807) is 6.20 Å². The second kappa shape index (κ2) is 8.29. The van der Waals surface area contributed by atoms with E-state index in [0.29, 0.717) is 47.5 Å². The fraction of sp³-hybridized carbons (Fsp3) is 0.346. The molecule has 0 amide bonds. The first kappa shape index (κ1) is 22.7. The summed E-state index contributed by atoms with van der Waals surface area (Å²) in [6.07, 6.45) is 1.71. The minimum absolute atomic E-state index is 0.0489. The van der Waals surface area contributed by atoms with Crippen molar-refractivity contribution in [3.8, 4) is 17.2 Å². The Balaban J connectivity index is 1.43. The van der Waals surface area contributed by atoms with Gasteiger partial charge in [0, 0.05) is 42.2 Å². The lowest BCUT2D eigenvalue weighted by Crippen LogP contribution is -2.48. The molecule has 7 rings (SSSR count). The van der Waals surface area contributed by atoms with E-state index in [4.69, 9.17) is 20.2 Å². The van der Waals surface area contributed by atoms with Crippen LogP contribution in [-0.4, -0.2) is 60.3 Å². The Labute approximate surface area is 214 Å². The molecule has 0 saturated carbocycles. The van der Waals surface area contributed by atoms with E-state index in [-0.39, 0.29) is 51.7 Å². The van der Waals surface area contributed by atoms with E-state index in [0.717, 1.165) is 23.4 Å². The molecule has 3 aliphatic heterocycles. The largest absolute Gasteiger partial charge is 0.389 e. The number of nitrogens with two attached hydrogens (primary N) is 1. The van der Waals surface area contributed by atoms with Crippen LogP contribution in [0.5, 0.6) is 0 Å². The highest BCUT2D eigenvalue weighted by Crippen LogP contribution is 2.46. The third kappa shape index (κ3) is 3.26. The van der Waals surface area contributed by atoms with Crippen molar-refractivity contribution in [3.63, 3.8) is 0 Å². The number of ether oxygens (including phenoxy) is 2. The number of hydrogen-bond acceptors (Lipinski definition) is 9. The van der Waals surface area contributed by atoms with Gasteiger partial charge in [0.1, 0.15) is 22.4 Å². The first-order chi connectivity index (χ1) is 18.0. The van der Waals surface area contributed by atoms with Crippen LogP contribution in [0.1, 0.15) is 16.7 Å². The molecular formula is C26H22F2N6O2S. The molecule has 0 aliphatic carbocycles. The summed E-state index contributed by atoms with van der Waals surface area (Å²) in [5.74, 6) is -0.614. The van der Waals surface area contributed by atoms with Crippen LogP contribution in [0.25, 0.3) is 32.1 Å². The SMILES string of the molecule is CN1CCOC2CN(c3ncc4c5c(c(-c6ccc(F)c7sc(N)c(C#N)c67)c(F)c4n3)COC5)CC21. The fourth-order valence-corrected chi connectivity index (χ4v) is 6.82. The van der Waals surface area contributed by atoms with E-state index in [1.165, 1.54) is 12.1 Å². The second-order valence-corrected chi connectivity index (χ2v) is 10.7. The summed E-state index contributed by atoms with van der Waals surface area (Å²) < 4.78 is 43.1. The number of anilines is 2. The number of rotatable bonds is 2. The quantitative estimate of drug-likeness (QED) is 0.426. The van der Waals surface area contributed by atoms with Gasteiger partial charge in [0.15, 0.2) is 5.82 Å². The van der Waals surface area contributed by atoms with Crippen LogP contribution >= 0.6 is 11.3 Å². The monoisotopic (exact) mass is 520 g/mol. The van der Waals surface area contributed by atoms with E-state index in [1.807, 2.05) is 4.90 Å². The van der Waals surface area contributed by atoms with Gasteiger partial charge in [-0.3, -0.25) is 4.90 Å². The van der Waals surface area contributed by atoms with E-state index < -0.39 is 11.6 Å². The van der Waals surface area contributed by atoms with Gasteiger partial charge in [-0.25, -0.2) is 18.7 Å². The first-order valence-corrected chi connectivity index (χ1v) is 12.8. The van der Waals surface area contributed by atoms with Crippen molar-refractivity contribution >= 4 is 43.3 Å². The summed E-state index contributed by atoms with van der Waals surface area (Å²) in [7, 11) is 2.08. The number of nitrogens with zero attached hydrogens (tertiary/aromatic N) is 5. The lowest BCUT2D eigenvalue weighted by Gasteiger charge is -2.33. The number of thiophene rings is 1. The number of likely N-dealkylation sites (N-methyl/N-ethyl adjacent to an activating group) is 1. The van der Waals surface area contributed by atoms with E-state index in [9.17, 15) is 9.65 Å². The number of nitrogen functional groups attached to an aromatic ring is 1. The predicted octanol–water partition coefficient (Wildman–Crippen LogP) is 3.79. The Morgan fingerprint density at radius 2 is 2.05 bits per heavy atom. The topological polar surface area (TPSA) is 101 Å². The minimum Gasteiger partial charge on any atom is -0.389 e. The Bertz CT molecular complexity index is 1650. The third-order valence-electron chi connectivity index (χ3n) is 7.75. The number of morpholine rings is 1. The number of aromatic nitrogens is 2. The molecule has 2 aromatic heterocycles. The molecule has 37 heavy (non-hydrogen) atoms. The Kier molecular flexibility index (Phi) is 5.10. The van der Waals surface area contributed by atoms with Crippen molar-refractivity contribution in [2.45, 2.75) is 25.4 Å². The third-order valence-corrected chi connectivity index (χ3v) is 8.78. The van der Waals surface area contributed by atoms with E-state index in [2.05, 4.69) is 23.0 Å². The van der Waals surface area contributed by atoms with Crippen LogP contribution in [0.2, 0.25) is 0 Å². The van der Waals surface area contributed by atoms with E-state index >= 15 is 4.39 Å². The lowest BCUT2D eigenvalue weighted by atomic mass is 9.91. The second-order valence-electron chi connectivity index (χ2n) is 9.69. The lowest BCUT2D eigenvalue weighted by molar-refractivity contribution is -0.0362. The summed E-state index contributed by atoms with van der Waals surface area (Å²) >= 11 is 0.989. The van der Waals surface area contributed by atoms with Crippen LogP contribution in [-0.2, 0) is 22.7 Å². The normalized spacial score (nSPS) is 21.5. The van der Waals surface area contributed by atoms with Gasteiger partial charge >= 0.3 is 0 Å². The van der Waals surface area contributed by atoms with Gasteiger partial charge in [0.25, 0.3) is 0 Å². The van der Waals surface area contributed by atoms with Crippen molar-refractivity contribution in [3.05, 3.63) is 46.7 Å². The average molecular weight is 521 g/mol. The standard InChI is InChI=1S/C26H22F2N6O2S/c1-33-4-5-36-19-9-34(8-18(19)33)26-31-7-14-15-10-35-11-16(15)20(22(28)23(14)32-26)12-2-3-17(27)24-21(12)13(6-29)25(30)37-24/h2-3,7,18-19H,4-5,8-11,30H2,1H3. The van der Waals surface area contributed by atoms with Gasteiger partial charge in [0.05, 0.1) is 42.2 Å². The molecule has 0 radical (unpaired) electrons. The molecule has 5 heterocycles. The summed E-state index contributed by atoms with van der Waals surface area (Å²) in [6.45, 7) is 3.34. The Hall–Kier alpha value is -3.43. The molecule has 8 nitrogen and oxygen atoms in total. The molecule has 2 unspecified atom stereocenters. The maximum atomic E-state index is 16.5. The zero-order chi connectivity index (χ0) is 25.4. The highest BCUT2D eigenvalue weighted by molar-refractivity contribution is 7.23. The van der Waals surface area contributed by atoms with Crippen molar-refractivity contribution in [2.24, 2.45) is 0 Å². The maximum Gasteiger partial charge on any atom is 0.226 e. The average Bonchev–Trinajstić information content (AvgIpc) is 3.62. The smallest absolute Gasteiger partial charge is 0.226 e. The first-order valence-electron chi connectivity index (χ1n) is 12.0. The van der Waals surface area contributed by atoms with Crippen LogP contribution in [0.3, 0.4) is 0 Å². The molecule has 4 aromatic rings. The van der Waals surface area contributed by atoms with Gasteiger partial charge < -0.3 is 20.1 Å². The van der Waals surface area contributed by atoms with Gasteiger partial charge in [-0.1, -0.05) is 6.07 Å². The number of halogens is 2. The van der Waals surface area contributed by atoms with Crippen LogP contribution < -0.4 is 10.6 Å². The van der Waals surface area contributed by atoms with Crippen LogP contribution in [0, 0.1) is 23.0 Å². The van der Waals surface area contributed by atoms with Crippen molar-refractivity contribution in [2.75, 3.05) is 43.9 Å². The summed E-state index contributed by atoms with van der Waals surface area (Å²) in [5.41, 5.74) is 8.49. The number of benzene rings is 2. The highest BCUT2D eigenvalue weighted by atomic mass is 32.1.